The number of nitrogens with zero attached hydrogens (tertiary/aromatic N) is 2. The van der Waals surface area contributed by atoms with Crippen molar-refractivity contribution in [3.8, 4) is 0 Å². The molecular formula is C18H22N2O3S2. The fraction of sp³-hybridized carbons (Fsp3) is 0.389. The third-order valence-corrected chi connectivity index (χ3v) is 5.34. The maximum Gasteiger partial charge on any atom is 0.303 e. The van der Waals surface area contributed by atoms with E-state index in [1.54, 1.807) is 0 Å². The smallest absolute Gasteiger partial charge is 0.303 e. The van der Waals surface area contributed by atoms with Gasteiger partial charge in [0.1, 0.15) is 4.32 Å². The Morgan fingerprint density at radius 2 is 1.92 bits per heavy atom. The summed E-state index contributed by atoms with van der Waals surface area (Å²) in [4.78, 5) is 27.4. The Kier molecular flexibility index (Phi) is 7.01. The summed E-state index contributed by atoms with van der Waals surface area (Å²) < 4.78 is 0.487. The van der Waals surface area contributed by atoms with Crippen LogP contribution in [0.4, 0.5) is 5.69 Å². The zero-order valence-corrected chi connectivity index (χ0v) is 16.0. The van der Waals surface area contributed by atoms with E-state index in [2.05, 4.69) is 18.7 Å². The highest BCUT2D eigenvalue weighted by Gasteiger charge is 2.31. The summed E-state index contributed by atoms with van der Waals surface area (Å²) in [5, 5.41) is 8.71. The highest BCUT2D eigenvalue weighted by atomic mass is 32.2. The Morgan fingerprint density at radius 3 is 2.48 bits per heavy atom. The average molecular weight is 379 g/mol. The lowest BCUT2D eigenvalue weighted by Crippen LogP contribution is -2.29. The molecule has 0 radical (unpaired) electrons. The Balaban J connectivity index is 2.07. The molecule has 1 aromatic carbocycles. The molecule has 2 rings (SSSR count). The van der Waals surface area contributed by atoms with Crippen LogP contribution in [-0.4, -0.2) is 45.8 Å². The molecule has 0 aromatic heterocycles. The van der Waals surface area contributed by atoms with Crippen molar-refractivity contribution in [2.75, 3.05) is 24.5 Å². The summed E-state index contributed by atoms with van der Waals surface area (Å²) in [6, 6.07) is 8.08. The van der Waals surface area contributed by atoms with Gasteiger partial charge in [-0.3, -0.25) is 14.5 Å². The van der Waals surface area contributed by atoms with E-state index < -0.39 is 5.97 Å². The third-order valence-electron chi connectivity index (χ3n) is 3.97. The molecule has 1 aliphatic rings. The number of hydrogen-bond donors (Lipinski definition) is 1. The van der Waals surface area contributed by atoms with Crippen LogP contribution in [0.15, 0.2) is 29.2 Å². The van der Waals surface area contributed by atoms with Crippen LogP contribution in [-0.2, 0) is 9.59 Å². The van der Waals surface area contributed by atoms with Crippen LogP contribution in [0.5, 0.6) is 0 Å². The molecular weight excluding hydrogens is 356 g/mol. The minimum Gasteiger partial charge on any atom is -0.481 e. The molecule has 1 aromatic rings. The van der Waals surface area contributed by atoms with Gasteiger partial charge in [0.15, 0.2) is 0 Å². The van der Waals surface area contributed by atoms with E-state index >= 15 is 0 Å². The molecule has 1 saturated heterocycles. The number of benzene rings is 1. The summed E-state index contributed by atoms with van der Waals surface area (Å²) in [6.45, 7) is 6.48. The standard InChI is InChI=1S/C18H22N2O3S2/c1-3-19(4-2)14-9-7-13(8-10-14)12-15-17(23)20(18(24)25-15)11-5-6-16(21)22/h7-10,12H,3-6,11H2,1-2H3,(H,21,22)/b15-12+. The summed E-state index contributed by atoms with van der Waals surface area (Å²) in [5.41, 5.74) is 2.10. The second-order valence-electron chi connectivity index (χ2n) is 5.59. The van der Waals surface area contributed by atoms with Gasteiger partial charge in [0.2, 0.25) is 0 Å². The third kappa shape index (κ3) is 5.06. The highest BCUT2D eigenvalue weighted by molar-refractivity contribution is 8.26. The van der Waals surface area contributed by atoms with Crippen molar-refractivity contribution >= 4 is 51.9 Å². The number of carboxylic acid groups (broad SMARTS) is 1. The average Bonchev–Trinajstić information content (AvgIpc) is 2.84. The number of carboxylic acids is 1. The molecule has 0 aliphatic carbocycles. The molecule has 5 nitrogen and oxygen atoms in total. The van der Waals surface area contributed by atoms with E-state index in [-0.39, 0.29) is 12.3 Å². The maximum absolute atomic E-state index is 12.5. The molecule has 1 fully saturated rings. The van der Waals surface area contributed by atoms with Gasteiger partial charge in [-0.25, -0.2) is 0 Å². The predicted molar refractivity (Wildman–Crippen MR) is 107 cm³/mol. The summed E-state index contributed by atoms with van der Waals surface area (Å²) in [7, 11) is 0. The highest BCUT2D eigenvalue weighted by Crippen LogP contribution is 2.33. The number of thiocarbonyl (C=S) groups is 1. The van der Waals surface area contributed by atoms with Crippen LogP contribution in [0.25, 0.3) is 6.08 Å². The van der Waals surface area contributed by atoms with Gasteiger partial charge in [-0.05, 0) is 44.0 Å². The molecule has 1 amide bonds. The fourth-order valence-electron chi connectivity index (χ4n) is 2.60. The summed E-state index contributed by atoms with van der Waals surface area (Å²) >= 11 is 6.52. The number of thioether (sulfide) groups is 1. The number of anilines is 1. The second-order valence-corrected chi connectivity index (χ2v) is 7.27. The van der Waals surface area contributed by atoms with Gasteiger partial charge in [-0.15, -0.1) is 0 Å². The predicted octanol–water partition coefficient (Wildman–Crippen LogP) is 3.60. The van der Waals surface area contributed by atoms with Crippen LogP contribution in [0, 0.1) is 0 Å². The lowest BCUT2D eigenvalue weighted by atomic mass is 10.1. The van der Waals surface area contributed by atoms with Crippen molar-refractivity contribution in [2.24, 2.45) is 0 Å². The number of aliphatic carboxylic acids is 1. The SMILES string of the molecule is CCN(CC)c1ccc(/C=C2/SC(=S)N(CCCC(=O)O)C2=O)cc1. The molecule has 1 aliphatic heterocycles. The zero-order valence-electron chi connectivity index (χ0n) is 14.4. The second kappa shape index (κ2) is 9.01. The Morgan fingerprint density at radius 1 is 1.28 bits per heavy atom. The van der Waals surface area contributed by atoms with Gasteiger partial charge in [0.05, 0.1) is 4.91 Å². The van der Waals surface area contributed by atoms with Crippen LogP contribution >= 0.6 is 24.0 Å². The first-order chi connectivity index (χ1) is 12.0. The number of rotatable bonds is 8. The van der Waals surface area contributed by atoms with Crippen LogP contribution in [0.2, 0.25) is 0 Å². The van der Waals surface area contributed by atoms with Gasteiger partial charge in [0.25, 0.3) is 5.91 Å². The lowest BCUT2D eigenvalue weighted by molar-refractivity contribution is -0.137. The monoisotopic (exact) mass is 378 g/mol. The van der Waals surface area contributed by atoms with Crippen LogP contribution in [0.1, 0.15) is 32.3 Å². The summed E-state index contributed by atoms with van der Waals surface area (Å²) in [6.07, 6.45) is 2.26. The van der Waals surface area contributed by atoms with Crippen molar-refractivity contribution in [1.82, 2.24) is 4.90 Å². The maximum atomic E-state index is 12.5. The molecule has 0 bridgehead atoms. The molecule has 1 N–H and O–H groups in total. The van der Waals surface area contributed by atoms with Crippen molar-refractivity contribution < 1.29 is 14.7 Å². The minimum atomic E-state index is -0.866. The lowest BCUT2D eigenvalue weighted by Gasteiger charge is -2.20. The van der Waals surface area contributed by atoms with Gasteiger partial charge in [-0.2, -0.15) is 0 Å². The van der Waals surface area contributed by atoms with Crippen molar-refractivity contribution in [2.45, 2.75) is 26.7 Å². The van der Waals surface area contributed by atoms with E-state index in [9.17, 15) is 9.59 Å². The first-order valence-electron chi connectivity index (χ1n) is 8.28. The minimum absolute atomic E-state index is 0.0307. The van der Waals surface area contributed by atoms with Gasteiger partial charge < -0.3 is 10.0 Å². The molecule has 0 unspecified atom stereocenters. The van der Waals surface area contributed by atoms with E-state index in [0.717, 1.165) is 24.3 Å². The van der Waals surface area contributed by atoms with Gasteiger partial charge in [0, 0.05) is 31.7 Å². The van der Waals surface area contributed by atoms with Gasteiger partial charge >= 0.3 is 5.97 Å². The van der Waals surface area contributed by atoms with Gasteiger partial charge in [-0.1, -0.05) is 36.1 Å². The van der Waals surface area contributed by atoms with Crippen LogP contribution < -0.4 is 4.90 Å². The van der Waals surface area contributed by atoms with Crippen molar-refractivity contribution in [1.29, 1.82) is 0 Å². The number of amides is 1. The van der Waals surface area contributed by atoms with Crippen LogP contribution in [0.3, 0.4) is 0 Å². The Labute approximate surface area is 157 Å². The molecule has 0 spiro atoms. The molecule has 25 heavy (non-hydrogen) atoms. The molecule has 1 heterocycles. The molecule has 134 valence electrons. The Bertz CT molecular complexity index is 682. The number of carbonyl (C=O) groups is 2. The number of hydrogen-bond acceptors (Lipinski definition) is 5. The molecule has 7 heteroatoms. The quantitative estimate of drug-likeness (QED) is 0.551. The normalized spacial score (nSPS) is 15.9. The summed E-state index contributed by atoms with van der Waals surface area (Å²) in [5.74, 6) is -1.01. The number of carbonyl (C=O) groups excluding carboxylic acids is 1. The first-order valence-corrected chi connectivity index (χ1v) is 9.50. The fourth-order valence-corrected chi connectivity index (χ4v) is 3.91. The van der Waals surface area contributed by atoms with E-state index in [1.165, 1.54) is 16.7 Å². The van der Waals surface area contributed by atoms with Crippen molar-refractivity contribution in [3.05, 3.63) is 34.7 Å². The van der Waals surface area contributed by atoms with E-state index in [0.29, 0.717) is 22.2 Å². The topological polar surface area (TPSA) is 60.9 Å². The molecule has 0 saturated carbocycles. The van der Waals surface area contributed by atoms with E-state index in [4.69, 9.17) is 17.3 Å². The first kappa shape index (κ1) is 19.5. The Hall–Kier alpha value is -1.86. The molecule has 0 atom stereocenters. The van der Waals surface area contributed by atoms with Crippen molar-refractivity contribution in [3.63, 3.8) is 0 Å². The zero-order chi connectivity index (χ0) is 18.4. The van der Waals surface area contributed by atoms with E-state index in [1.807, 2.05) is 30.3 Å². The largest absolute Gasteiger partial charge is 0.481 e.